The van der Waals surface area contributed by atoms with E-state index >= 15 is 0 Å². The van der Waals surface area contributed by atoms with Gasteiger partial charge in [-0.1, -0.05) is 24.3 Å². The van der Waals surface area contributed by atoms with Crippen LogP contribution in [0.3, 0.4) is 0 Å². The van der Waals surface area contributed by atoms with E-state index in [9.17, 15) is 0 Å². The third kappa shape index (κ3) is 1.87. The molecule has 1 saturated heterocycles. The van der Waals surface area contributed by atoms with Gasteiger partial charge in [0.15, 0.2) is 0 Å². The summed E-state index contributed by atoms with van der Waals surface area (Å²) in [5, 5.41) is 3.50. The van der Waals surface area contributed by atoms with Crippen molar-refractivity contribution in [2.75, 3.05) is 26.2 Å². The first-order valence-electron chi connectivity index (χ1n) is 6.36. The molecule has 1 aliphatic heterocycles. The molecule has 0 spiro atoms. The van der Waals surface area contributed by atoms with Crippen molar-refractivity contribution in [3.63, 3.8) is 0 Å². The Labute approximate surface area is 97.6 Å². The summed E-state index contributed by atoms with van der Waals surface area (Å²) in [6.07, 6.45) is 1.29. The number of hydrogen-bond donors (Lipinski definition) is 1. The SMILES string of the molecule is C[C@H]1CN(CC2Cc3ccccc32)CCN1. The van der Waals surface area contributed by atoms with Crippen molar-refractivity contribution >= 4 is 0 Å². The molecule has 1 aromatic rings. The minimum atomic E-state index is 0.657. The number of benzene rings is 1. The standard InChI is InChI=1S/C14H20N2/c1-11-9-16(7-6-15-11)10-13-8-12-4-2-3-5-14(12)13/h2-5,11,13,15H,6-10H2,1H3/t11-,13?/m0/s1. The van der Waals surface area contributed by atoms with Crippen LogP contribution in [0.2, 0.25) is 0 Å². The van der Waals surface area contributed by atoms with Crippen molar-refractivity contribution in [3.8, 4) is 0 Å². The summed E-state index contributed by atoms with van der Waals surface area (Å²) in [6, 6.07) is 9.55. The number of piperazine rings is 1. The Balaban J connectivity index is 1.61. The lowest BCUT2D eigenvalue weighted by Crippen LogP contribution is -2.50. The number of hydrogen-bond acceptors (Lipinski definition) is 2. The third-order valence-corrected chi connectivity index (χ3v) is 3.89. The van der Waals surface area contributed by atoms with Crippen LogP contribution in [0.15, 0.2) is 24.3 Å². The van der Waals surface area contributed by atoms with Crippen LogP contribution < -0.4 is 5.32 Å². The van der Waals surface area contributed by atoms with E-state index in [4.69, 9.17) is 0 Å². The van der Waals surface area contributed by atoms with Crippen LogP contribution in [0.4, 0.5) is 0 Å². The second-order valence-electron chi connectivity index (χ2n) is 5.21. The topological polar surface area (TPSA) is 15.3 Å². The fraction of sp³-hybridized carbons (Fsp3) is 0.571. The largest absolute Gasteiger partial charge is 0.312 e. The Morgan fingerprint density at radius 1 is 1.38 bits per heavy atom. The van der Waals surface area contributed by atoms with Crippen molar-refractivity contribution in [2.24, 2.45) is 0 Å². The molecule has 1 aliphatic carbocycles. The first kappa shape index (κ1) is 10.3. The van der Waals surface area contributed by atoms with Gasteiger partial charge >= 0.3 is 0 Å². The minimum Gasteiger partial charge on any atom is -0.312 e. The molecule has 0 radical (unpaired) electrons. The Hall–Kier alpha value is -0.860. The lowest BCUT2D eigenvalue weighted by Gasteiger charge is -2.38. The second kappa shape index (κ2) is 4.19. The van der Waals surface area contributed by atoms with E-state index in [1.165, 1.54) is 26.1 Å². The van der Waals surface area contributed by atoms with Gasteiger partial charge < -0.3 is 5.32 Å². The molecule has 0 aromatic heterocycles. The van der Waals surface area contributed by atoms with Gasteiger partial charge in [-0.3, -0.25) is 4.90 Å². The molecule has 16 heavy (non-hydrogen) atoms. The van der Waals surface area contributed by atoms with Gasteiger partial charge in [-0.2, -0.15) is 0 Å². The first-order valence-corrected chi connectivity index (χ1v) is 6.36. The molecule has 1 unspecified atom stereocenters. The summed E-state index contributed by atoms with van der Waals surface area (Å²) in [4.78, 5) is 2.61. The van der Waals surface area contributed by atoms with Crippen LogP contribution in [0.5, 0.6) is 0 Å². The number of nitrogens with one attached hydrogen (secondary N) is 1. The van der Waals surface area contributed by atoms with E-state index in [0.717, 1.165) is 12.5 Å². The molecule has 0 amide bonds. The lowest BCUT2D eigenvalue weighted by molar-refractivity contribution is 0.190. The maximum Gasteiger partial charge on any atom is 0.0167 e. The second-order valence-corrected chi connectivity index (χ2v) is 5.21. The molecular formula is C14H20N2. The summed E-state index contributed by atoms with van der Waals surface area (Å²) >= 11 is 0. The third-order valence-electron chi connectivity index (χ3n) is 3.89. The molecule has 1 N–H and O–H groups in total. The van der Waals surface area contributed by atoms with E-state index in [1.807, 2.05) is 0 Å². The van der Waals surface area contributed by atoms with E-state index in [-0.39, 0.29) is 0 Å². The monoisotopic (exact) mass is 216 g/mol. The van der Waals surface area contributed by atoms with Crippen LogP contribution >= 0.6 is 0 Å². The molecule has 2 aliphatic rings. The lowest BCUT2D eigenvalue weighted by atomic mass is 9.77. The van der Waals surface area contributed by atoms with Gasteiger partial charge in [0.05, 0.1) is 0 Å². The Bertz CT molecular complexity index is 375. The molecule has 1 fully saturated rings. The van der Waals surface area contributed by atoms with Crippen molar-refractivity contribution in [1.29, 1.82) is 0 Å². The van der Waals surface area contributed by atoms with E-state index in [1.54, 1.807) is 11.1 Å². The average Bonchev–Trinajstić information content (AvgIpc) is 2.26. The highest BCUT2D eigenvalue weighted by molar-refractivity contribution is 5.40. The zero-order valence-corrected chi connectivity index (χ0v) is 9.95. The van der Waals surface area contributed by atoms with E-state index < -0.39 is 0 Å². The summed E-state index contributed by atoms with van der Waals surface area (Å²) in [5.74, 6) is 0.793. The van der Waals surface area contributed by atoms with Crippen LogP contribution in [-0.4, -0.2) is 37.1 Å². The Kier molecular flexibility index (Phi) is 2.70. The van der Waals surface area contributed by atoms with Gasteiger partial charge in [0.1, 0.15) is 0 Å². The van der Waals surface area contributed by atoms with Gasteiger partial charge in [0.2, 0.25) is 0 Å². The van der Waals surface area contributed by atoms with Crippen molar-refractivity contribution in [3.05, 3.63) is 35.4 Å². The summed E-state index contributed by atoms with van der Waals surface area (Å²) in [6.45, 7) is 7.10. The number of rotatable bonds is 2. The molecular weight excluding hydrogens is 196 g/mol. The smallest absolute Gasteiger partial charge is 0.0167 e. The van der Waals surface area contributed by atoms with E-state index in [0.29, 0.717) is 6.04 Å². The van der Waals surface area contributed by atoms with Crippen LogP contribution in [0.1, 0.15) is 24.0 Å². The molecule has 0 bridgehead atoms. The van der Waals surface area contributed by atoms with Gasteiger partial charge in [0.25, 0.3) is 0 Å². The minimum absolute atomic E-state index is 0.657. The van der Waals surface area contributed by atoms with Crippen molar-refractivity contribution in [1.82, 2.24) is 10.2 Å². The molecule has 1 heterocycles. The van der Waals surface area contributed by atoms with Gasteiger partial charge in [-0.25, -0.2) is 0 Å². The molecule has 1 aromatic carbocycles. The van der Waals surface area contributed by atoms with Crippen LogP contribution in [-0.2, 0) is 6.42 Å². The molecule has 2 heteroatoms. The predicted octanol–water partition coefficient (Wildman–Crippen LogP) is 1.62. The van der Waals surface area contributed by atoms with Crippen molar-refractivity contribution < 1.29 is 0 Å². The highest BCUT2D eigenvalue weighted by atomic mass is 15.2. The molecule has 86 valence electrons. The zero-order valence-electron chi connectivity index (χ0n) is 9.95. The average molecular weight is 216 g/mol. The number of fused-ring (bicyclic) bond motifs is 1. The molecule has 2 nitrogen and oxygen atoms in total. The zero-order chi connectivity index (χ0) is 11.0. The quantitative estimate of drug-likeness (QED) is 0.808. The summed E-state index contributed by atoms with van der Waals surface area (Å²) in [5.41, 5.74) is 3.16. The van der Waals surface area contributed by atoms with Crippen LogP contribution in [0.25, 0.3) is 0 Å². The van der Waals surface area contributed by atoms with E-state index in [2.05, 4.69) is 41.4 Å². The Morgan fingerprint density at radius 2 is 2.25 bits per heavy atom. The summed E-state index contributed by atoms with van der Waals surface area (Å²) in [7, 11) is 0. The van der Waals surface area contributed by atoms with Gasteiger partial charge in [-0.05, 0) is 24.5 Å². The van der Waals surface area contributed by atoms with Gasteiger partial charge in [0, 0.05) is 38.1 Å². The molecule has 0 saturated carbocycles. The molecule has 3 rings (SSSR count). The molecule has 2 atom stereocenters. The fourth-order valence-corrected chi connectivity index (χ4v) is 3.02. The Morgan fingerprint density at radius 3 is 3.06 bits per heavy atom. The number of nitrogens with zero attached hydrogens (tertiary/aromatic N) is 1. The van der Waals surface area contributed by atoms with Crippen molar-refractivity contribution in [2.45, 2.75) is 25.3 Å². The van der Waals surface area contributed by atoms with Gasteiger partial charge in [-0.15, -0.1) is 0 Å². The predicted molar refractivity (Wildman–Crippen MR) is 66.8 cm³/mol. The maximum absolute atomic E-state index is 3.50. The maximum atomic E-state index is 3.50. The van der Waals surface area contributed by atoms with Crippen LogP contribution in [0, 0.1) is 0 Å². The first-order chi connectivity index (χ1) is 7.83. The highest BCUT2D eigenvalue weighted by Gasteiger charge is 2.28. The fourth-order valence-electron chi connectivity index (χ4n) is 3.02. The summed E-state index contributed by atoms with van der Waals surface area (Å²) < 4.78 is 0. The highest BCUT2D eigenvalue weighted by Crippen LogP contribution is 2.35. The normalized spacial score (nSPS) is 29.6.